The molecular weight excluding hydrogens is 348 g/mol. The maximum Gasteiger partial charge on any atom is 0.264 e. The number of hydrogen-bond donors (Lipinski definition) is 1. The lowest BCUT2D eigenvalue weighted by atomic mass is 10.1. The van der Waals surface area contributed by atoms with Gasteiger partial charge in [0.1, 0.15) is 11.5 Å². The van der Waals surface area contributed by atoms with Crippen molar-refractivity contribution in [2.24, 2.45) is 4.99 Å². The Balaban J connectivity index is 1.77. The number of hydrogen-bond acceptors (Lipinski definition) is 5. The van der Waals surface area contributed by atoms with Crippen LogP contribution in [0.25, 0.3) is 6.08 Å². The van der Waals surface area contributed by atoms with Gasteiger partial charge in [0.25, 0.3) is 5.91 Å². The number of rotatable bonds is 5. The number of benzene rings is 2. The van der Waals surface area contributed by atoms with E-state index in [2.05, 4.69) is 10.3 Å². The van der Waals surface area contributed by atoms with Crippen LogP contribution in [0.4, 0.5) is 5.69 Å². The van der Waals surface area contributed by atoms with Crippen molar-refractivity contribution in [1.82, 2.24) is 5.32 Å². The van der Waals surface area contributed by atoms with Crippen LogP contribution in [0, 0.1) is 6.92 Å². The summed E-state index contributed by atoms with van der Waals surface area (Å²) in [5.41, 5.74) is 2.78. The number of thioether (sulfide) groups is 1. The Labute approximate surface area is 157 Å². The molecule has 0 spiro atoms. The van der Waals surface area contributed by atoms with Crippen molar-refractivity contribution < 1.29 is 14.3 Å². The van der Waals surface area contributed by atoms with Crippen molar-refractivity contribution in [3.8, 4) is 11.5 Å². The topological polar surface area (TPSA) is 59.9 Å². The van der Waals surface area contributed by atoms with Crippen LogP contribution in [0.5, 0.6) is 11.5 Å². The SMILES string of the molecule is CCOc1ccc(N=C2NC(=O)/C(=C/c3ccc(OC)cc3C)S2)cc1. The number of amides is 1. The number of nitrogens with one attached hydrogen (secondary N) is 1. The van der Waals surface area contributed by atoms with Crippen LogP contribution < -0.4 is 14.8 Å². The molecule has 0 radical (unpaired) electrons. The minimum atomic E-state index is -0.144. The van der Waals surface area contributed by atoms with Gasteiger partial charge in [-0.3, -0.25) is 4.79 Å². The molecule has 1 aliphatic rings. The van der Waals surface area contributed by atoms with Crippen molar-refractivity contribution >= 4 is 34.6 Å². The average molecular weight is 368 g/mol. The normalized spacial score (nSPS) is 16.8. The molecule has 0 bridgehead atoms. The molecule has 2 aromatic rings. The highest BCUT2D eigenvalue weighted by Gasteiger charge is 2.24. The van der Waals surface area contributed by atoms with E-state index in [1.807, 2.05) is 62.4 Å². The molecule has 26 heavy (non-hydrogen) atoms. The highest BCUT2D eigenvalue weighted by atomic mass is 32.2. The summed E-state index contributed by atoms with van der Waals surface area (Å²) in [5, 5.41) is 3.37. The predicted molar refractivity (Wildman–Crippen MR) is 106 cm³/mol. The van der Waals surface area contributed by atoms with Gasteiger partial charge in [-0.1, -0.05) is 6.07 Å². The zero-order valence-corrected chi connectivity index (χ0v) is 15.7. The first-order valence-corrected chi connectivity index (χ1v) is 9.08. The van der Waals surface area contributed by atoms with Crippen LogP contribution in [-0.2, 0) is 4.79 Å². The molecule has 1 aliphatic heterocycles. The highest BCUT2D eigenvalue weighted by molar-refractivity contribution is 8.18. The Morgan fingerprint density at radius 2 is 1.88 bits per heavy atom. The minimum Gasteiger partial charge on any atom is -0.497 e. The molecule has 1 fully saturated rings. The van der Waals surface area contributed by atoms with Crippen molar-refractivity contribution in [3.63, 3.8) is 0 Å². The molecule has 1 saturated heterocycles. The third-order valence-electron chi connectivity index (χ3n) is 3.79. The molecule has 0 unspecified atom stereocenters. The van der Waals surface area contributed by atoms with Crippen molar-refractivity contribution in [3.05, 3.63) is 58.5 Å². The molecule has 1 N–H and O–H groups in total. The Kier molecular flexibility index (Phi) is 5.63. The quantitative estimate of drug-likeness (QED) is 0.800. The van der Waals surface area contributed by atoms with Crippen LogP contribution in [0.15, 0.2) is 52.4 Å². The van der Waals surface area contributed by atoms with Crippen molar-refractivity contribution in [2.45, 2.75) is 13.8 Å². The summed E-state index contributed by atoms with van der Waals surface area (Å²) >= 11 is 1.33. The fourth-order valence-corrected chi connectivity index (χ4v) is 3.29. The van der Waals surface area contributed by atoms with Gasteiger partial charge in [-0.15, -0.1) is 0 Å². The molecule has 1 amide bonds. The second-order valence-corrected chi connectivity index (χ2v) is 6.66. The Morgan fingerprint density at radius 1 is 1.15 bits per heavy atom. The summed E-state index contributed by atoms with van der Waals surface area (Å²) < 4.78 is 10.6. The van der Waals surface area contributed by atoms with Gasteiger partial charge in [-0.05, 0) is 79.2 Å². The van der Waals surface area contributed by atoms with Gasteiger partial charge >= 0.3 is 0 Å². The number of amidine groups is 1. The summed E-state index contributed by atoms with van der Waals surface area (Å²) in [6.45, 7) is 4.55. The molecule has 3 rings (SSSR count). The molecule has 0 atom stereocenters. The molecule has 2 aromatic carbocycles. The summed E-state index contributed by atoms with van der Waals surface area (Å²) in [4.78, 5) is 17.3. The van der Waals surface area contributed by atoms with Gasteiger partial charge in [0.2, 0.25) is 0 Å². The largest absolute Gasteiger partial charge is 0.497 e. The summed E-state index contributed by atoms with van der Waals surface area (Å²) in [6.07, 6.45) is 1.87. The Morgan fingerprint density at radius 3 is 2.54 bits per heavy atom. The predicted octanol–water partition coefficient (Wildman–Crippen LogP) is 4.29. The van der Waals surface area contributed by atoms with Crippen LogP contribution in [0.1, 0.15) is 18.1 Å². The van der Waals surface area contributed by atoms with Gasteiger partial charge in [-0.25, -0.2) is 4.99 Å². The van der Waals surface area contributed by atoms with E-state index in [0.717, 1.165) is 28.3 Å². The van der Waals surface area contributed by atoms with E-state index < -0.39 is 0 Å². The van der Waals surface area contributed by atoms with Crippen LogP contribution >= 0.6 is 11.8 Å². The average Bonchev–Trinajstić information content (AvgIpc) is 2.97. The number of carbonyl (C=O) groups is 1. The van der Waals surface area contributed by atoms with E-state index in [9.17, 15) is 4.79 Å². The van der Waals surface area contributed by atoms with Crippen molar-refractivity contribution in [2.75, 3.05) is 13.7 Å². The maximum absolute atomic E-state index is 12.2. The van der Waals surface area contributed by atoms with Crippen LogP contribution in [0.3, 0.4) is 0 Å². The van der Waals surface area contributed by atoms with E-state index in [1.54, 1.807) is 7.11 Å². The number of aliphatic imine (C=N–C) groups is 1. The smallest absolute Gasteiger partial charge is 0.264 e. The monoisotopic (exact) mass is 368 g/mol. The number of nitrogens with zero attached hydrogens (tertiary/aromatic N) is 1. The molecule has 0 saturated carbocycles. The molecule has 0 aliphatic carbocycles. The lowest BCUT2D eigenvalue weighted by Gasteiger charge is -2.04. The van der Waals surface area contributed by atoms with Gasteiger partial charge in [-0.2, -0.15) is 0 Å². The van der Waals surface area contributed by atoms with E-state index >= 15 is 0 Å². The number of methoxy groups -OCH3 is 1. The third-order valence-corrected chi connectivity index (χ3v) is 4.70. The highest BCUT2D eigenvalue weighted by Crippen LogP contribution is 2.30. The van der Waals surface area contributed by atoms with Crippen molar-refractivity contribution in [1.29, 1.82) is 0 Å². The summed E-state index contributed by atoms with van der Waals surface area (Å²) in [7, 11) is 1.64. The summed E-state index contributed by atoms with van der Waals surface area (Å²) in [5.74, 6) is 1.45. The zero-order chi connectivity index (χ0) is 18.5. The number of aryl methyl sites for hydroxylation is 1. The lowest BCUT2D eigenvalue weighted by Crippen LogP contribution is -2.19. The van der Waals surface area contributed by atoms with E-state index in [-0.39, 0.29) is 5.91 Å². The fraction of sp³-hybridized carbons (Fsp3) is 0.200. The number of carbonyl (C=O) groups excluding carboxylic acids is 1. The van der Waals surface area contributed by atoms with E-state index in [4.69, 9.17) is 9.47 Å². The first-order chi connectivity index (χ1) is 12.6. The molecule has 0 aromatic heterocycles. The van der Waals surface area contributed by atoms with E-state index in [0.29, 0.717) is 16.7 Å². The molecule has 5 nitrogen and oxygen atoms in total. The fourth-order valence-electron chi connectivity index (χ4n) is 2.46. The molecule has 6 heteroatoms. The third kappa shape index (κ3) is 4.26. The van der Waals surface area contributed by atoms with Gasteiger partial charge in [0, 0.05) is 0 Å². The van der Waals surface area contributed by atoms with Gasteiger partial charge in [0.15, 0.2) is 5.17 Å². The van der Waals surface area contributed by atoms with E-state index in [1.165, 1.54) is 11.8 Å². The number of ether oxygens (including phenoxy) is 2. The Bertz CT molecular complexity index is 873. The van der Waals surface area contributed by atoms with Crippen LogP contribution in [0.2, 0.25) is 0 Å². The lowest BCUT2D eigenvalue weighted by molar-refractivity contribution is -0.115. The second-order valence-electron chi connectivity index (χ2n) is 5.63. The van der Waals surface area contributed by atoms with Crippen LogP contribution in [-0.4, -0.2) is 24.8 Å². The van der Waals surface area contributed by atoms with Gasteiger partial charge < -0.3 is 14.8 Å². The molecule has 1 heterocycles. The maximum atomic E-state index is 12.2. The minimum absolute atomic E-state index is 0.144. The standard InChI is InChI=1S/C20H20N2O3S/c1-4-25-16-9-6-15(7-10-16)21-20-22-19(23)18(26-20)12-14-5-8-17(24-3)11-13(14)2/h5-12H,4H2,1-3H3,(H,21,22,23)/b18-12-. The summed E-state index contributed by atoms with van der Waals surface area (Å²) in [6, 6.07) is 13.2. The Hall–Kier alpha value is -2.73. The first-order valence-electron chi connectivity index (χ1n) is 8.26. The first kappa shape index (κ1) is 18.1. The second kappa shape index (κ2) is 8.10. The molecule has 134 valence electrons. The molecular formula is C20H20N2O3S. The van der Waals surface area contributed by atoms with Gasteiger partial charge in [0.05, 0.1) is 24.3 Å². The zero-order valence-electron chi connectivity index (χ0n) is 14.9.